The van der Waals surface area contributed by atoms with Crippen LogP contribution in [0.15, 0.2) is 36.4 Å². The highest BCUT2D eigenvalue weighted by Gasteiger charge is 2.06. The van der Waals surface area contributed by atoms with Crippen LogP contribution in [0, 0.1) is 20.8 Å². The Labute approximate surface area is 140 Å². The molecule has 22 heavy (non-hydrogen) atoms. The standard InChI is InChI=1S/C18H17Cl2NO/c1-11-8-12(2)18(13(3)9-11)21-17(22)7-5-14-4-6-15(19)10-16(14)20/h4-10H,1-3H3,(H,21,22)/b7-5+. The minimum absolute atomic E-state index is 0.193. The molecule has 0 unspecified atom stereocenters. The van der Waals surface area contributed by atoms with E-state index in [2.05, 4.69) is 5.32 Å². The van der Waals surface area contributed by atoms with E-state index in [9.17, 15) is 4.79 Å². The summed E-state index contributed by atoms with van der Waals surface area (Å²) in [5, 5.41) is 3.99. The number of rotatable bonds is 3. The lowest BCUT2D eigenvalue weighted by atomic mass is 10.1. The third-order valence-corrected chi connectivity index (χ3v) is 3.86. The van der Waals surface area contributed by atoms with Gasteiger partial charge in [0.1, 0.15) is 0 Å². The van der Waals surface area contributed by atoms with Crippen molar-refractivity contribution < 1.29 is 4.79 Å². The van der Waals surface area contributed by atoms with Gasteiger partial charge >= 0.3 is 0 Å². The maximum atomic E-state index is 12.1. The third kappa shape index (κ3) is 4.12. The van der Waals surface area contributed by atoms with Crippen LogP contribution in [0.1, 0.15) is 22.3 Å². The number of hydrogen-bond acceptors (Lipinski definition) is 1. The molecule has 0 atom stereocenters. The van der Waals surface area contributed by atoms with Crippen LogP contribution in [0.4, 0.5) is 5.69 Å². The number of aryl methyl sites for hydroxylation is 3. The van der Waals surface area contributed by atoms with Crippen molar-refractivity contribution >= 4 is 40.9 Å². The molecule has 2 aromatic carbocycles. The van der Waals surface area contributed by atoms with E-state index in [1.54, 1.807) is 24.3 Å². The van der Waals surface area contributed by atoms with Crippen molar-refractivity contribution in [2.75, 3.05) is 5.32 Å². The fourth-order valence-corrected chi connectivity index (χ4v) is 2.82. The van der Waals surface area contributed by atoms with E-state index in [4.69, 9.17) is 23.2 Å². The van der Waals surface area contributed by atoms with Gasteiger partial charge in [-0.15, -0.1) is 0 Å². The van der Waals surface area contributed by atoms with E-state index in [0.29, 0.717) is 10.0 Å². The first kappa shape index (κ1) is 16.6. The lowest BCUT2D eigenvalue weighted by Gasteiger charge is -2.11. The van der Waals surface area contributed by atoms with Crippen molar-refractivity contribution in [2.45, 2.75) is 20.8 Å². The molecule has 0 aromatic heterocycles. The van der Waals surface area contributed by atoms with Gasteiger partial charge in [-0.1, -0.05) is 47.0 Å². The Balaban J connectivity index is 2.15. The fraction of sp³-hybridized carbons (Fsp3) is 0.167. The molecule has 4 heteroatoms. The molecule has 0 saturated carbocycles. The number of nitrogens with one attached hydrogen (secondary N) is 1. The van der Waals surface area contributed by atoms with Gasteiger partial charge in [0, 0.05) is 21.8 Å². The Morgan fingerprint density at radius 3 is 2.27 bits per heavy atom. The molecule has 0 fully saturated rings. The normalized spacial score (nSPS) is 11.0. The van der Waals surface area contributed by atoms with Crippen molar-refractivity contribution in [3.05, 3.63) is 68.7 Å². The van der Waals surface area contributed by atoms with E-state index in [1.165, 1.54) is 11.6 Å². The summed E-state index contributed by atoms with van der Waals surface area (Å²) in [6.07, 6.45) is 3.14. The van der Waals surface area contributed by atoms with E-state index in [0.717, 1.165) is 22.4 Å². The predicted octanol–water partition coefficient (Wildman–Crippen LogP) is 5.57. The van der Waals surface area contributed by atoms with Crippen LogP contribution in [0.3, 0.4) is 0 Å². The average molecular weight is 334 g/mol. The quantitative estimate of drug-likeness (QED) is 0.731. The van der Waals surface area contributed by atoms with Crippen LogP contribution >= 0.6 is 23.2 Å². The van der Waals surface area contributed by atoms with Crippen molar-refractivity contribution in [2.24, 2.45) is 0 Å². The topological polar surface area (TPSA) is 29.1 Å². The molecule has 2 aromatic rings. The Hall–Kier alpha value is -1.77. The molecule has 1 amide bonds. The van der Waals surface area contributed by atoms with Crippen molar-refractivity contribution in [1.82, 2.24) is 0 Å². The second-order valence-electron chi connectivity index (χ2n) is 5.26. The summed E-state index contributed by atoms with van der Waals surface area (Å²) < 4.78 is 0. The molecule has 0 spiro atoms. The highest BCUT2D eigenvalue weighted by Crippen LogP contribution is 2.23. The molecule has 0 aliphatic carbocycles. The van der Waals surface area contributed by atoms with Crippen molar-refractivity contribution in [3.8, 4) is 0 Å². The van der Waals surface area contributed by atoms with Crippen LogP contribution in [0.2, 0.25) is 10.0 Å². The SMILES string of the molecule is Cc1cc(C)c(NC(=O)/C=C/c2ccc(Cl)cc2Cl)c(C)c1. The molecular weight excluding hydrogens is 317 g/mol. The lowest BCUT2D eigenvalue weighted by Crippen LogP contribution is -2.10. The van der Waals surface area contributed by atoms with Crippen LogP contribution in [0.5, 0.6) is 0 Å². The second-order valence-corrected chi connectivity index (χ2v) is 6.11. The minimum atomic E-state index is -0.193. The second kappa shape index (κ2) is 6.99. The summed E-state index contributed by atoms with van der Waals surface area (Å²) >= 11 is 11.9. The fourth-order valence-electron chi connectivity index (χ4n) is 2.34. The van der Waals surface area contributed by atoms with Crippen molar-refractivity contribution in [3.63, 3.8) is 0 Å². The Kier molecular flexibility index (Phi) is 5.28. The molecule has 0 aliphatic heterocycles. The van der Waals surface area contributed by atoms with Gasteiger partial charge in [-0.3, -0.25) is 4.79 Å². The Morgan fingerprint density at radius 1 is 1.05 bits per heavy atom. The largest absolute Gasteiger partial charge is 0.322 e. The first-order valence-electron chi connectivity index (χ1n) is 6.89. The first-order chi connectivity index (χ1) is 10.4. The zero-order chi connectivity index (χ0) is 16.3. The molecule has 2 rings (SSSR count). The van der Waals surface area contributed by atoms with Crippen molar-refractivity contribution in [1.29, 1.82) is 0 Å². The number of halogens is 2. The number of hydrogen-bond donors (Lipinski definition) is 1. The molecule has 2 nitrogen and oxygen atoms in total. The molecule has 0 aliphatic rings. The van der Waals surface area contributed by atoms with Gasteiger partial charge in [0.15, 0.2) is 0 Å². The zero-order valence-electron chi connectivity index (χ0n) is 12.7. The highest BCUT2D eigenvalue weighted by atomic mass is 35.5. The number of carbonyl (C=O) groups excluding carboxylic acids is 1. The maximum Gasteiger partial charge on any atom is 0.248 e. The van der Waals surface area contributed by atoms with Gasteiger partial charge in [0.05, 0.1) is 0 Å². The smallest absolute Gasteiger partial charge is 0.248 e. The van der Waals surface area contributed by atoms with Crippen LogP contribution in [-0.2, 0) is 4.79 Å². The molecular formula is C18H17Cl2NO. The number of carbonyl (C=O) groups is 1. The predicted molar refractivity (Wildman–Crippen MR) is 94.8 cm³/mol. The molecule has 0 saturated heterocycles. The monoisotopic (exact) mass is 333 g/mol. The van der Waals surface area contributed by atoms with E-state index in [1.807, 2.05) is 32.9 Å². The van der Waals surface area contributed by atoms with E-state index >= 15 is 0 Å². The van der Waals surface area contributed by atoms with Gasteiger partial charge in [-0.2, -0.15) is 0 Å². The summed E-state index contributed by atoms with van der Waals surface area (Å²) in [6, 6.07) is 9.25. The average Bonchev–Trinajstić information content (AvgIpc) is 2.42. The lowest BCUT2D eigenvalue weighted by molar-refractivity contribution is -0.111. The zero-order valence-corrected chi connectivity index (χ0v) is 14.2. The summed E-state index contributed by atoms with van der Waals surface area (Å²) in [5.41, 5.74) is 4.87. The molecule has 0 radical (unpaired) electrons. The molecule has 114 valence electrons. The number of amides is 1. The van der Waals surface area contributed by atoms with E-state index in [-0.39, 0.29) is 5.91 Å². The molecule has 1 N–H and O–H groups in total. The minimum Gasteiger partial charge on any atom is -0.322 e. The summed E-state index contributed by atoms with van der Waals surface area (Å²) in [5.74, 6) is -0.193. The summed E-state index contributed by atoms with van der Waals surface area (Å²) in [6.45, 7) is 6.00. The van der Waals surface area contributed by atoms with Crippen LogP contribution in [0.25, 0.3) is 6.08 Å². The van der Waals surface area contributed by atoms with Crippen LogP contribution < -0.4 is 5.32 Å². The number of anilines is 1. The van der Waals surface area contributed by atoms with Crippen LogP contribution in [-0.4, -0.2) is 5.91 Å². The van der Waals surface area contributed by atoms with E-state index < -0.39 is 0 Å². The summed E-state index contributed by atoms with van der Waals surface area (Å²) in [4.78, 5) is 12.1. The highest BCUT2D eigenvalue weighted by molar-refractivity contribution is 6.35. The first-order valence-corrected chi connectivity index (χ1v) is 7.64. The van der Waals surface area contributed by atoms with Gasteiger partial charge in [0.2, 0.25) is 5.91 Å². The van der Waals surface area contributed by atoms with Gasteiger partial charge in [-0.25, -0.2) is 0 Å². The van der Waals surface area contributed by atoms with Gasteiger partial charge in [-0.05, 0) is 55.7 Å². The Bertz CT molecular complexity index is 728. The number of benzene rings is 2. The third-order valence-electron chi connectivity index (χ3n) is 3.30. The summed E-state index contributed by atoms with van der Waals surface area (Å²) in [7, 11) is 0. The molecule has 0 heterocycles. The maximum absolute atomic E-state index is 12.1. The van der Waals surface area contributed by atoms with Gasteiger partial charge in [0.25, 0.3) is 0 Å². The van der Waals surface area contributed by atoms with Gasteiger partial charge < -0.3 is 5.32 Å². The molecule has 0 bridgehead atoms. The Morgan fingerprint density at radius 2 is 1.68 bits per heavy atom.